The van der Waals surface area contributed by atoms with E-state index in [0.717, 1.165) is 16.5 Å². The molecule has 3 amide bonds. The largest absolute Gasteiger partial charge is 0.361 e. The van der Waals surface area contributed by atoms with E-state index in [-0.39, 0.29) is 24.1 Å². The Morgan fingerprint density at radius 2 is 1.64 bits per heavy atom. The SMILES string of the molecule is CC(=O)N[C@@H](Cc1ccccc1)C(=O)N1N=C(c2ccccc2)NC(=O)[C@H]1c1c[nH]c2ccccc12. The van der Waals surface area contributed by atoms with Gasteiger partial charge in [0.25, 0.3) is 11.8 Å². The molecule has 1 aliphatic heterocycles. The average molecular weight is 480 g/mol. The van der Waals surface area contributed by atoms with Crippen molar-refractivity contribution in [3.05, 3.63) is 108 Å². The molecule has 0 spiro atoms. The lowest BCUT2D eigenvalue weighted by Gasteiger charge is -2.34. The zero-order valence-corrected chi connectivity index (χ0v) is 19.6. The fourth-order valence-electron chi connectivity index (χ4n) is 4.44. The number of amidine groups is 1. The lowest BCUT2D eigenvalue weighted by Crippen LogP contribution is -2.55. The van der Waals surface area contributed by atoms with Crippen LogP contribution in [0.15, 0.2) is 96.2 Å². The van der Waals surface area contributed by atoms with Gasteiger partial charge in [0.2, 0.25) is 5.91 Å². The standard InChI is InChI=1S/C28H25N5O3/c1-18(34)30-24(16-19-10-4-2-5-11-19)28(36)33-25(22-17-29-23-15-9-8-14-21(22)23)27(35)31-26(32-33)20-12-6-3-7-13-20/h2-15,17,24-25,29H,16H2,1H3,(H,30,34)(H,31,32,35)/t24-,25+/m0/s1. The van der Waals surface area contributed by atoms with Crippen molar-refractivity contribution in [2.45, 2.75) is 25.4 Å². The maximum absolute atomic E-state index is 14.0. The van der Waals surface area contributed by atoms with Crippen molar-refractivity contribution >= 4 is 34.5 Å². The molecule has 36 heavy (non-hydrogen) atoms. The fraction of sp³-hybridized carbons (Fsp3) is 0.143. The number of hydrazone groups is 1. The van der Waals surface area contributed by atoms with Crippen molar-refractivity contribution in [2.24, 2.45) is 5.10 Å². The van der Waals surface area contributed by atoms with Gasteiger partial charge in [0.1, 0.15) is 6.04 Å². The van der Waals surface area contributed by atoms with E-state index < -0.39 is 18.0 Å². The molecule has 8 nitrogen and oxygen atoms in total. The van der Waals surface area contributed by atoms with Gasteiger partial charge >= 0.3 is 0 Å². The molecule has 2 heterocycles. The number of hydrogen-bond donors (Lipinski definition) is 3. The Morgan fingerprint density at radius 3 is 2.36 bits per heavy atom. The average Bonchev–Trinajstić information content (AvgIpc) is 3.32. The summed E-state index contributed by atoms with van der Waals surface area (Å²) in [5.74, 6) is -0.941. The molecule has 0 unspecified atom stereocenters. The first-order chi connectivity index (χ1) is 17.5. The first-order valence-corrected chi connectivity index (χ1v) is 11.7. The number of H-pyrrole nitrogens is 1. The molecule has 0 aliphatic carbocycles. The van der Waals surface area contributed by atoms with Crippen molar-refractivity contribution in [3.63, 3.8) is 0 Å². The number of carbonyl (C=O) groups is 3. The van der Waals surface area contributed by atoms with Gasteiger partial charge in [-0.25, -0.2) is 5.01 Å². The van der Waals surface area contributed by atoms with Crippen LogP contribution in [0.25, 0.3) is 10.9 Å². The minimum absolute atomic E-state index is 0.258. The Kier molecular flexibility index (Phi) is 6.32. The summed E-state index contributed by atoms with van der Waals surface area (Å²) < 4.78 is 0. The van der Waals surface area contributed by atoms with Gasteiger partial charge in [-0.05, 0) is 11.6 Å². The zero-order valence-electron chi connectivity index (χ0n) is 19.6. The molecule has 0 fully saturated rings. The van der Waals surface area contributed by atoms with Crippen molar-refractivity contribution in [2.75, 3.05) is 0 Å². The highest BCUT2D eigenvalue weighted by Crippen LogP contribution is 2.32. The molecule has 180 valence electrons. The van der Waals surface area contributed by atoms with Crippen molar-refractivity contribution < 1.29 is 14.4 Å². The molecule has 4 aromatic rings. The van der Waals surface area contributed by atoms with Gasteiger partial charge in [0.15, 0.2) is 11.9 Å². The van der Waals surface area contributed by atoms with Gasteiger partial charge in [-0.1, -0.05) is 78.9 Å². The number of hydrogen-bond acceptors (Lipinski definition) is 4. The van der Waals surface area contributed by atoms with Crippen LogP contribution in [-0.4, -0.2) is 39.6 Å². The summed E-state index contributed by atoms with van der Waals surface area (Å²) >= 11 is 0. The zero-order chi connectivity index (χ0) is 25.1. The number of carbonyl (C=O) groups excluding carboxylic acids is 3. The molecule has 5 rings (SSSR count). The molecule has 0 saturated carbocycles. The van der Waals surface area contributed by atoms with Crippen LogP contribution in [0.4, 0.5) is 0 Å². The summed E-state index contributed by atoms with van der Waals surface area (Å²) in [6.45, 7) is 1.37. The van der Waals surface area contributed by atoms with Crippen molar-refractivity contribution in [3.8, 4) is 0 Å². The first-order valence-electron chi connectivity index (χ1n) is 11.7. The third-order valence-corrected chi connectivity index (χ3v) is 6.09. The van der Waals surface area contributed by atoms with Gasteiger partial charge in [-0.2, -0.15) is 5.10 Å². The van der Waals surface area contributed by atoms with E-state index in [1.54, 1.807) is 6.20 Å². The van der Waals surface area contributed by atoms with E-state index in [4.69, 9.17) is 0 Å². The Labute approximate surface area is 208 Å². The van der Waals surface area contributed by atoms with E-state index >= 15 is 0 Å². The van der Waals surface area contributed by atoms with E-state index in [2.05, 4.69) is 20.7 Å². The number of aromatic nitrogens is 1. The summed E-state index contributed by atoms with van der Waals surface area (Å²) in [5.41, 5.74) is 3.00. The molecule has 3 N–H and O–H groups in total. The highest BCUT2D eigenvalue weighted by molar-refractivity contribution is 6.12. The number of para-hydroxylation sites is 1. The normalized spacial score (nSPS) is 16.2. The summed E-state index contributed by atoms with van der Waals surface area (Å²) in [6.07, 6.45) is 1.98. The first kappa shape index (κ1) is 23.0. The van der Waals surface area contributed by atoms with Crippen LogP contribution < -0.4 is 10.6 Å². The molecular weight excluding hydrogens is 454 g/mol. The summed E-state index contributed by atoms with van der Waals surface area (Å²) in [5, 5.41) is 12.3. The number of nitrogens with zero attached hydrogens (tertiary/aromatic N) is 2. The fourth-order valence-corrected chi connectivity index (χ4v) is 4.44. The second kappa shape index (κ2) is 9.87. The minimum atomic E-state index is -1.02. The van der Waals surface area contributed by atoms with Crippen LogP contribution in [0.1, 0.15) is 29.7 Å². The summed E-state index contributed by atoms with van der Waals surface area (Å²) in [7, 11) is 0. The summed E-state index contributed by atoms with van der Waals surface area (Å²) in [4.78, 5) is 42.8. The Hall–Kier alpha value is -4.72. The number of aromatic amines is 1. The number of nitrogens with one attached hydrogen (secondary N) is 3. The van der Waals surface area contributed by atoms with Gasteiger partial charge in [-0.3, -0.25) is 14.4 Å². The number of fused-ring (bicyclic) bond motifs is 1. The molecule has 2 atom stereocenters. The van der Waals surface area contributed by atoms with Crippen LogP contribution >= 0.6 is 0 Å². The van der Waals surface area contributed by atoms with E-state index in [1.807, 2.05) is 84.9 Å². The van der Waals surface area contributed by atoms with E-state index in [9.17, 15) is 14.4 Å². The predicted octanol–water partition coefficient (Wildman–Crippen LogP) is 3.28. The Bertz CT molecular complexity index is 1450. The highest BCUT2D eigenvalue weighted by Gasteiger charge is 2.40. The van der Waals surface area contributed by atoms with Gasteiger partial charge in [0.05, 0.1) is 0 Å². The molecule has 0 bridgehead atoms. The molecule has 0 radical (unpaired) electrons. The molecule has 8 heteroatoms. The smallest absolute Gasteiger partial charge is 0.266 e. The number of rotatable bonds is 6. The van der Waals surface area contributed by atoms with Crippen LogP contribution in [0, 0.1) is 0 Å². The highest BCUT2D eigenvalue weighted by atomic mass is 16.2. The molecule has 1 aliphatic rings. The van der Waals surface area contributed by atoms with Gasteiger partial charge in [-0.15, -0.1) is 0 Å². The van der Waals surface area contributed by atoms with Crippen molar-refractivity contribution in [1.82, 2.24) is 20.6 Å². The number of benzene rings is 3. The van der Waals surface area contributed by atoms with Crippen molar-refractivity contribution in [1.29, 1.82) is 0 Å². The predicted molar refractivity (Wildman–Crippen MR) is 137 cm³/mol. The second-order valence-electron chi connectivity index (χ2n) is 8.62. The quantitative estimate of drug-likeness (QED) is 0.395. The maximum Gasteiger partial charge on any atom is 0.266 e. The summed E-state index contributed by atoms with van der Waals surface area (Å²) in [6, 6.07) is 24.2. The lowest BCUT2D eigenvalue weighted by atomic mass is 10.0. The maximum atomic E-state index is 14.0. The molecule has 3 aromatic carbocycles. The van der Waals surface area contributed by atoms with Crippen LogP contribution in [0.2, 0.25) is 0 Å². The van der Waals surface area contributed by atoms with Gasteiger partial charge in [0, 0.05) is 41.6 Å². The molecular formula is C28H25N5O3. The van der Waals surface area contributed by atoms with Gasteiger partial charge < -0.3 is 15.6 Å². The lowest BCUT2D eigenvalue weighted by molar-refractivity contribution is -0.144. The third kappa shape index (κ3) is 4.61. The van der Waals surface area contributed by atoms with Crippen LogP contribution in [-0.2, 0) is 20.8 Å². The minimum Gasteiger partial charge on any atom is -0.361 e. The Morgan fingerprint density at radius 1 is 0.972 bits per heavy atom. The third-order valence-electron chi connectivity index (χ3n) is 6.09. The molecule has 0 saturated heterocycles. The molecule has 1 aromatic heterocycles. The van der Waals surface area contributed by atoms with Crippen LogP contribution in [0.3, 0.4) is 0 Å². The van der Waals surface area contributed by atoms with E-state index in [1.165, 1.54) is 11.9 Å². The second-order valence-corrected chi connectivity index (χ2v) is 8.62. The van der Waals surface area contributed by atoms with Crippen LogP contribution in [0.5, 0.6) is 0 Å². The number of amides is 3. The monoisotopic (exact) mass is 479 g/mol. The topological polar surface area (TPSA) is 107 Å². The van der Waals surface area contributed by atoms with E-state index in [0.29, 0.717) is 11.1 Å². The Balaban J connectivity index is 1.60.